The highest BCUT2D eigenvalue weighted by molar-refractivity contribution is 7.89. The second-order valence-corrected chi connectivity index (χ2v) is 9.94. The summed E-state index contributed by atoms with van der Waals surface area (Å²) < 4.78 is 85.3. The molecule has 14 heteroatoms. The zero-order valence-electron chi connectivity index (χ0n) is 17.3. The van der Waals surface area contributed by atoms with E-state index in [9.17, 15) is 35.6 Å². The summed E-state index contributed by atoms with van der Waals surface area (Å²) in [7, 11) is -3.63. The van der Waals surface area contributed by atoms with E-state index in [2.05, 4.69) is 10.1 Å². The molecule has 2 aliphatic rings. The Morgan fingerprint density at radius 1 is 1.16 bits per heavy atom. The molecular weight excluding hydrogens is 462 g/mol. The average molecular weight is 489 g/mol. The van der Waals surface area contributed by atoms with Crippen LogP contribution >= 0.6 is 0 Å². The predicted molar refractivity (Wildman–Crippen MR) is 104 cm³/mol. The summed E-state index contributed by atoms with van der Waals surface area (Å²) in [5.41, 5.74) is 5.64. The fourth-order valence-electron chi connectivity index (χ4n) is 3.56. The van der Waals surface area contributed by atoms with Crippen molar-refractivity contribution >= 4 is 22.0 Å². The van der Waals surface area contributed by atoms with Crippen LogP contribution in [0.15, 0.2) is 11.9 Å². The van der Waals surface area contributed by atoms with Gasteiger partial charge in [0.25, 0.3) is 0 Å². The van der Waals surface area contributed by atoms with E-state index in [1.54, 1.807) is 0 Å². The number of carbonyl (C=O) groups is 2. The molecule has 0 aromatic carbocycles. The molecule has 2 rings (SSSR count). The largest absolute Gasteiger partial charge is 0.491 e. The molecule has 2 atom stereocenters. The first-order chi connectivity index (χ1) is 15.0. The third-order valence-electron chi connectivity index (χ3n) is 5.46. The Hall–Kier alpha value is -1.61. The van der Waals surface area contributed by atoms with Gasteiger partial charge in [0.15, 0.2) is 0 Å². The zero-order valence-corrected chi connectivity index (χ0v) is 18.1. The van der Waals surface area contributed by atoms with Gasteiger partial charge in [-0.1, -0.05) is 0 Å². The van der Waals surface area contributed by atoms with Crippen molar-refractivity contribution in [2.75, 3.05) is 32.8 Å². The Kier molecular flexibility index (Phi) is 9.57. The maximum atomic E-state index is 12.9. The molecule has 0 radical (unpaired) electrons. The minimum atomic E-state index is -5.25. The molecular formula is C18H27F4N3O6S. The number of nitrogens with two attached hydrogens (primary N) is 1. The standard InChI is InChI=1S/C18H27F4N3O6S/c19-8-13(9-23)11-30-15-2-1-14(10-24-15)32(28,29)25-5-3-12(4-6-25)7-16(26)31-17(27)18(20,21)22/h8,12,14-15,24H,1-7,9-11,23H2/b13-8-. The lowest BCUT2D eigenvalue weighted by atomic mass is 9.95. The molecule has 2 fully saturated rings. The molecule has 0 bridgehead atoms. The molecule has 0 aliphatic carbocycles. The first kappa shape index (κ1) is 26.6. The monoisotopic (exact) mass is 489 g/mol. The minimum Gasteiger partial charge on any atom is -0.386 e. The third kappa shape index (κ3) is 7.47. The smallest absolute Gasteiger partial charge is 0.386 e. The number of rotatable bonds is 8. The summed E-state index contributed by atoms with van der Waals surface area (Å²) in [6.07, 6.45) is -4.41. The average Bonchev–Trinajstić information content (AvgIpc) is 2.74. The third-order valence-corrected chi connectivity index (χ3v) is 7.79. The highest BCUT2D eigenvalue weighted by Crippen LogP contribution is 2.27. The molecule has 0 aromatic rings. The number of nitrogens with one attached hydrogen (secondary N) is 1. The Morgan fingerprint density at radius 2 is 1.81 bits per heavy atom. The fourth-order valence-corrected chi connectivity index (χ4v) is 5.44. The lowest BCUT2D eigenvalue weighted by molar-refractivity contribution is -0.202. The quantitative estimate of drug-likeness (QED) is 0.293. The van der Waals surface area contributed by atoms with Crippen molar-refractivity contribution < 1.29 is 45.0 Å². The van der Waals surface area contributed by atoms with E-state index in [-0.39, 0.29) is 57.1 Å². The molecule has 2 heterocycles. The van der Waals surface area contributed by atoms with Crippen LogP contribution in [0.2, 0.25) is 0 Å². The molecule has 2 unspecified atom stereocenters. The van der Waals surface area contributed by atoms with E-state index < -0.39 is 46.0 Å². The number of piperidine rings is 2. The van der Waals surface area contributed by atoms with Crippen LogP contribution < -0.4 is 11.1 Å². The Labute approximate surface area is 183 Å². The number of halogens is 4. The minimum absolute atomic E-state index is 0.00655. The molecule has 0 amide bonds. The van der Waals surface area contributed by atoms with Gasteiger partial charge < -0.3 is 15.2 Å². The Bertz CT molecular complexity index is 789. The van der Waals surface area contributed by atoms with Crippen LogP contribution in [0.25, 0.3) is 0 Å². The van der Waals surface area contributed by atoms with Gasteiger partial charge in [0, 0.05) is 32.6 Å². The number of esters is 2. The number of hydrogen-bond donors (Lipinski definition) is 2. The van der Waals surface area contributed by atoms with Crippen molar-refractivity contribution in [2.24, 2.45) is 11.7 Å². The number of hydrogen-bond acceptors (Lipinski definition) is 8. The first-order valence-electron chi connectivity index (χ1n) is 10.1. The second-order valence-electron chi connectivity index (χ2n) is 7.73. The number of ether oxygens (including phenoxy) is 2. The van der Waals surface area contributed by atoms with E-state index in [1.165, 1.54) is 4.31 Å². The van der Waals surface area contributed by atoms with Gasteiger partial charge in [-0.2, -0.15) is 13.2 Å². The number of carbonyl (C=O) groups excluding carboxylic acids is 2. The maximum Gasteiger partial charge on any atom is 0.491 e. The molecule has 184 valence electrons. The number of nitrogens with zero attached hydrogens (tertiary/aromatic N) is 1. The molecule has 32 heavy (non-hydrogen) atoms. The molecule has 2 aliphatic heterocycles. The van der Waals surface area contributed by atoms with Crippen molar-refractivity contribution in [1.82, 2.24) is 9.62 Å². The normalized spacial score (nSPS) is 24.3. The van der Waals surface area contributed by atoms with E-state index >= 15 is 0 Å². The van der Waals surface area contributed by atoms with Crippen LogP contribution in [0.3, 0.4) is 0 Å². The maximum absolute atomic E-state index is 12.9. The van der Waals surface area contributed by atoms with Gasteiger partial charge in [-0.05, 0) is 37.2 Å². The SMILES string of the molecule is NC/C(=C/F)COC1CCC(S(=O)(=O)N2CCC(CC(=O)OC(=O)C(F)(F)F)CC2)CN1. The molecule has 9 nitrogen and oxygen atoms in total. The van der Waals surface area contributed by atoms with E-state index in [0.717, 1.165) is 0 Å². The summed E-state index contributed by atoms with van der Waals surface area (Å²) in [5.74, 6) is -4.22. The number of alkyl halides is 3. The lowest BCUT2D eigenvalue weighted by Crippen LogP contribution is -2.51. The van der Waals surface area contributed by atoms with Gasteiger partial charge in [0.2, 0.25) is 10.0 Å². The van der Waals surface area contributed by atoms with E-state index in [1.807, 2.05) is 0 Å². The van der Waals surface area contributed by atoms with Crippen LogP contribution in [-0.2, 0) is 29.1 Å². The van der Waals surface area contributed by atoms with E-state index in [4.69, 9.17) is 10.5 Å². The van der Waals surface area contributed by atoms with Crippen molar-refractivity contribution in [2.45, 2.75) is 49.8 Å². The first-order valence-corrected chi connectivity index (χ1v) is 11.6. The van der Waals surface area contributed by atoms with Gasteiger partial charge in [-0.25, -0.2) is 21.9 Å². The highest BCUT2D eigenvalue weighted by atomic mass is 32.2. The van der Waals surface area contributed by atoms with E-state index in [0.29, 0.717) is 19.2 Å². The van der Waals surface area contributed by atoms with Crippen LogP contribution in [0.4, 0.5) is 17.6 Å². The van der Waals surface area contributed by atoms with Crippen molar-refractivity contribution in [3.8, 4) is 0 Å². The summed E-state index contributed by atoms with van der Waals surface area (Å²) in [6, 6.07) is 0. The highest BCUT2D eigenvalue weighted by Gasteiger charge is 2.43. The van der Waals surface area contributed by atoms with Gasteiger partial charge >= 0.3 is 18.1 Å². The van der Waals surface area contributed by atoms with Gasteiger partial charge in [0.1, 0.15) is 6.23 Å². The zero-order chi connectivity index (χ0) is 23.9. The summed E-state index contributed by atoms with van der Waals surface area (Å²) in [5, 5.41) is 2.30. The van der Waals surface area contributed by atoms with Crippen LogP contribution in [-0.4, -0.2) is 75.1 Å². The summed E-state index contributed by atoms with van der Waals surface area (Å²) in [6.45, 7) is 0.408. The second kappa shape index (κ2) is 11.5. The summed E-state index contributed by atoms with van der Waals surface area (Å²) in [4.78, 5) is 22.2. The topological polar surface area (TPSA) is 128 Å². The Morgan fingerprint density at radius 3 is 2.31 bits per heavy atom. The predicted octanol–water partition coefficient (Wildman–Crippen LogP) is 0.957. The summed E-state index contributed by atoms with van der Waals surface area (Å²) >= 11 is 0. The van der Waals surface area contributed by atoms with Gasteiger partial charge in [0.05, 0.1) is 18.2 Å². The molecule has 0 saturated carbocycles. The van der Waals surface area contributed by atoms with Crippen LogP contribution in [0, 0.1) is 5.92 Å². The van der Waals surface area contributed by atoms with Crippen molar-refractivity contribution in [3.63, 3.8) is 0 Å². The Balaban J connectivity index is 1.77. The van der Waals surface area contributed by atoms with Gasteiger partial charge in [-0.3, -0.25) is 10.1 Å². The van der Waals surface area contributed by atoms with Crippen molar-refractivity contribution in [1.29, 1.82) is 0 Å². The van der Waals surface area contributed by atoms with Crippen LogP contribution in [0.5, 0.6) is 0 Å². The van der Waals surface area contributed by atoms with Gasteiger partial charge in [-0.15, -0.1) is 0 Å². The fraction of sp³-hybridized carbons (Fsp3) is 0.778. The molecule has 0 aromatic heterocycles. The number of sulfonamides is 1. The van der Waals surface area contributed by atoms with Crippen LogP contribution in [0.1, 0.15) is 32.1 Å². The molecule has 3 N–H and O–H groups in total. The van der Waals surface area contributed by atoms with Crippen molar-refractivity contribution in [3.05, 3.63) is 11.9 Å². The molecule has 0 spiro atoms. The molecule has 2 saturated heterocycles. The lowest BCUT2D eigenvalue weighted by Gasteiger charge is -2.36.